The molecular weight excluding hydrogens is 534 g/mol. The number of carbonyl (C=O) groups is 1. The van der Waals surface area contributed by atoms with Crippen LogP contribution in [0.5, 0.6) is 0 Å². The highest BCUT2D eigenvalue weighted by atomic mass is 16.1. The molecule has 3 heterocycles. The molecule has 0 atom stereocenters. The van der Waals surface area contributed by atoms with E-state index in [2.05, 4.69) is 90.6 Å². The Labute approximate surface area is 250 Å². The molecule has 3 aromatic carbocycles. The first-order chi connectivity index (χ1) is 21.1. The van der Waals surface area contributed by atoms with E-state index in [4.69, 9.17) is 0 Å². The highest BCUT2D eigenvalue weighted by Gasteiger charge is 2.19. The summed E-state index contributed by atoms with van der Waals surface area (Å²) in [5.41, 5.74) is 8.94. The van der Waals surface area contributed by atoms with E-state index in [1.54, 1.807) is 18.6 Å². The number of hydrogen-bond acceptors (Lipinski definition) is 6. The van der Waals surface area contributed by atoms with Gasteiger partial charge in [0.2, 0.25) is 5.82 Å². The molecule has 0 saturated carbocycles. The summed E-state index contributed by atoms with van der Waals surface area (Å²) in [4.78, 5) is 22.4. The minimum Gasteiger partial charge on any atom is -0.321 e. The Hall–Kier alpha value is -5.24. The quantitative estimate of drug-likeness (QED) is 0.171. The fraction of sp³-hybridized carbons (Fsp3) is 0.200. The van der Waals surface area contributed by atoms with Gasteiger partial charge in [-0.3, -0.25) is 9.78 Å². The number of ketones is 1. The molecule has 0 spiro atoms. The number of aromatic amines is 1. The van der Waals surface area contributed by atoms with E-state index >= 15 is 0 Å². The van der Waals surface area contributed by atoms with Gasteiger partial charge in [0.05, 0.1) is 6.20 Å². The third-order valence-electron chi connectivity index (χ3n) is 7.78. The molecule has 8 heteroatoms. The topological polar surface area (TPSA) is 102 Å². The second-order valence-corrected chi connectivity index (χ2v) is 10.7. The lowest BCUT2D eigenvalue weighted by Crippen LogP contribution is -2.15. The number of carbonyl (C=O) groups excluding carboxylic acids is 1. The van der Waals surface area contributed by atoms with Gasteiger partial charge in [0.25, 0.3) is 0 Å². The number of nitrogens with zero attached hydrogens (tertiary/aromatic N) is 6. The van der Waals surface area contributed by atoms with Gasteiger partial charge in [-0.1, -0.05) is 74.0 Å². The van der Waals surface area contributed by atoms with Crippen molar-refractivity contribution in [3.63, 3.8) is 0 Å². The summed E-state index contributed by atoms with van der Waals surface area (Å²) in [5, 5.41) is 14.8. The zero-order valence-electron chi connectivity index (χ0n) is 24.4. The largest absolute Gasteiger partial charge is 0.321 e. The first-order valence-electron chi connectivity index (χ1n) is 14.6. The molecule has 0 saturated heterocycles. The molecule has 1 N–H and O–H groups in total. The summed E-state index contributed by atoms with van der Waals surface area (Å²) in [6, 6.07) is 27.0. The number of hydrogen-bond donors (Lipinski definition) is 1. The summed E-state index contributed by atoms with van der Waals surface area (Å²) in [7, 11) is 0. The molecule has 8 nitrogen and oxygen atoms in total. The second-order valence-electron chi connectivity index (χ2n) is 10.7. The second kappa shape index (κ2) is 12.7. The monoisotopic (exact) mass is 567 g/mol. The van der Waals surface area contributed by atoms with E-state index in [1.807, 2.05) is 37.3 Å². The van der Waals surface area contributed by atoms with Gasteiger partial charge in [-0.05, 0) is 75.7 Å². The van der Waals surface area contributed by atoms with Crippen LogP contribution in [0.3, 0.4) is 0 Å². The number of pyridine rings is 1. The fourth-order valence-corrected chi connectivity index (χ4v) is 5.35. The number of aryl methyl sites for hydroxylation is 2. The van der Waals surface area contributed by atoms with Crippen LogP contribution < -0.4 is 0 Å². The maximum Gasteiger partial charge on any atom is 0.205 e. The van der Waals surface area contributed by atoms with Gasteiger partial charge in [0.1, 0.15) is 11.5 Å². The predicted molar refractivity (Wildman–Crippen MR) is 167 cm³/mol. The molecule has 0 amide bonds. The van der Waals surface area contributed by atoms with Gasteiger partial charge in [-0.25, -0.2) is 4.98 Å². The average molecular weight is 568 g/mol. The summed E-state index contributed by atoms with van der Waals surface area (Å²) >= 11 is 0. The lowest BCUT2D eigenvalue weighted by atomic mass is 9.93. The summed E-state index contributed by atoms with van der Waals surface area (Å²) in [6.45, 7) is 4.72. The van der Waals surface area contributed by atoms with Crippen LogP contribution in [-0.2, 0) is 19.4 Å². The molecule has 43 heavy (non-hydrogen) atoms. The maximum absolute atomic E-state index is 13.5. The number of H-pyrrole nitrogens is 1. The van der Waals surface area contributed by atoms with Crippen molar-refractivity contribution in [3.8, 4) is 33.6 Å². The zero-order chi connectivity index (χ0) is 29.6. The molecule has 6 rings (SSSR count). The zero-order valence-corrected chi connectivity index (χ0v) is 24.4. The van der Waals surface area contributed by atoms with E-state index in [9.17, 15) is 4.79 Å². The van der Waals surface area contributed by atoms with Gasteiger partial charge in [0, 0.05) is 37.3 Å². The van der Waals surface area contributed by atoms with Crippen LogP contribution >= 0.6 is 0 Å². The molecule has 0 unspecified atom stereocenters. The molecule has 6 aromatic rings. The van der Waals surface area contributed by atoms with E-state index in [0.717, 1.165) is 69.6 Å². The molecule has 0 aliphatic carbocycles. The van der Waals surface area contributed by atoms with Crippen molar-refractivity contribution in [1.82, 2.24) is 35.2 Å². The Balaban J connectivity index is 1.32. The summed E-state index contributed by atoms with van der Waals surface area (Å²) in [5.74, 6) is 1.55. The van der Waals surface area contributed by atoms with Crippen molar-refractivity contribution < 1.29 is 4.79 Å². The number of unbranched alkanes of at least 4 members (excludes halogenated alkanes) is 1. The molecule has 3 aromatic heterocycles. The molecule has 0 radical (unpaired) electrons. The number of nitrogens with one attached hydrogen (secondary N) is 1. The van der Waals surface area contributed by atoms with Crippen molar-refractivity contribution in [2.24, 2.45) is 0 Å². The van der Waals surface area contributed by atoms with Gasteiger partial charge in [-0.15, -0.1) is 10.2 Å². The minimum absolute atomic E-state index is 0.0589. The number of rotatable bonds is 11. The van der Waals surface area contributed by atoms with Crippen molar-refractivity contribution in [1.29, 1.82) is 0 Å². The van der Waals surface area contributed by atoms with Gasteiger partial charge < -0.3 is 4.57 Å². The van der Waals surface area contributed by atoms with E-state index in [0.29, 0.717) is 24.5 Å². The molecule has 0 aliphatic rings. The lowest BCUT2D eigenvalue weighted by molar-refractivity contribution is 0.0984. The number of benzene rings is 3. The molecular formula is C35H33N7O. The van der Waals surface area contributed by atoms with Crippen molar-refractivity contribution >= 4 is 5.78 Å². The number of imidazole rings is 1. The SMILES string of the molecule is CCCCc1ncc(C(=O)Cc2ccncc2C)n1Cc1ccc(-c2cc(-c3ccccc3)ccc2-c2nn[nH]n2)cc1. The highest BCUT2D eigenvalue weighted by molar-refractivity contribution is 5.96. The Kier molecular flexibility index (Phi) is 8.26. The van der Waals surface area contributed by atoms with Gasteiger partial charge >= 0.3 is 0 Å². The van der Waals surface area contributed by atoms with Crippen LogP contribution in [0.2, 0.25) is 0 Å². The number of tetrazole rings is 1. The maximum atomic E-state index is 13.5. The Morgan fingerprint density at radius 1 is 0.884 bits per heavy atom. The lowest BCUT2D eigenvalue weighted by Gasteiger charge is -2.14. The Bertz CT molecular complexity index is 1820. The van der Waals surface area contributed by atoms with Crippen molar-refractivity contribution in [3.05, 3.63) is 126 Å². The van der Waals surface area contributed by atoms with Crippen LogP contribution in [0.15, 0.2) is 97.5 Å². The first kappa shape index (κ1) is 27.9. The van der Waals surface area contributed by atoms with E-state index < -0.39 is 0 Å². The summed E-state index contributed by atoms with van der Waals surface area (Å²) < 4.78 is 2.09. The molecule has 0 bridgehead atoms. The van der Waals surface area contributed by atoms with E-state index in [-0.39, 0.29) is 5.78 Å². The summed E-state index contributed by atoms with van der Waals surface area (Å²) in [6.07, 6.45) is 8.51. The highest BCUT2D eigenvalue weighted by Crippen LogP contribution is 2.34. The predicted octanol–water partition coefficient (Wildman–Crippen LogP) is 6.92. The average Bonchev–Trinajstić information content (AvgIpc) is 3.72. The normalized spacial score (nSPS) is 11.1. The van der Waals surface area contributed by atoms with Crippen molar-refractivity contribution in [2.75, 3.05) is 0 Å². The minimum atomic E-state index is 0.0589. The Morgan fingerprint density at radius 2 is 1.70 bits per heavy atom. The van der Waals surface area contributed by atoms with Crippen LogP contribution in [0.25, 0.3) is 33.6 Å². The van der Waals surface area contributed by atoms with E-state index in [1.165, 1.54) is 0 Å². The number of Topliss-reactive ketones (excluding diaryl/α,β-unsaturated/α-hetero) is 1. The fourth-order valence-electron chi connectivity index (χ4n) is 5.35. The number of aromatic nitrogens is 7. The van der Waals surface area contributed by atoms with Crippen molar-refractivity contribution in [2.45, 2.75) is 46.1 Å². The van der Waals surface area contributed by atoms with Gasteiger partial charge in [0.15, 0.2) is 5.78 Å². The van der Waals surface area contributed by atoms with Crippen LogP contribution in [0.1, 0.15) is 52.8 Å². The van der Waals surface area contributed by atoms with Crippen LogP contribution in [0.4, 0.5) is 0 Å². The smallest absolute Gasteiger partial charge is 0.205 e. The molecule has 214 valence electrons. The van der Waals surface area contributed by atoms with Crippen LogP contribution in [0, 0.1) is 6.92 Å². The van der Waals surface area contributed by atoms with Gasteiger partial charge in [-0.2, -0.15) is 5.21 Å². The third kappa shape index (κ3) is 6.18. The molecule has 0 fully saturated rings. The Morgan fingerprint density at radius 3 is 2.44 bits per heavy atom. The standard InChI is InChI=1S/C35H33N7O/c1-3-4-10-34-37-22-32(33(43)20-28-17-18-36-21-24(28)2)42(34)23-25-11-13-27(14-12-25)31-19-29(26-8-6-5-7-9-26)15-16-30(31)35-38-40-41-39-35/h5-9,11-19,21-22H,3-4,10,20,23H2,1-2H3,(H,38,39,40,41). The van der Waals surface area contributed by atoms with Crippen LogP contribution in [-0.4, -0.2) is 40.9 Å². The first-order valence-corrected chi connectivity index (χ1v) is 14.6. The third-order valence-corrected chi connectivity index (χ3v) is 7.78. The molecule has 0 aliphatic heterocycles.